The minimum Gasteiger partial charge on any atom is -0.353 e. The smallest absolute Gasteiger partial charge is 0.222 e. The average Bonchev–Trinajstić information content (AvgIpc) is 3.23. The molecule has 0 aromatic carbocycles. The van der Waals surface area contributed by atoms with E-state index in [1.54, 1.807) is 10.9 Å². The summed E-state index contributed by atoms with van der Waals surface area (Å²) < 4.78 is 3.62. The Bertz CT molecular complexity index is 668. The lowest BCUT2D eigenvalue weighted by Crippen LogP contribution is -2.36. The number of amides is 1. The molecule has 0 aliphatic heterocycles. The first-order valence-corrected chi connectivity index (χ1v) is 8.86. The summed E-state index contributed by atoms with van der Waals surface area (Å²) in [5.74, 6) is 0.103. The molecular formula is C17H26N6O. The molecule has 1 amide bonds. The summed E-state index contributed by atoms with van der Waals surface area (Å²) >= 11 is 0. The van der Waals surface area contributed by atoms with Crippen LogP contribution in [0.1, 0.15) is 58.4 Å². The average molecular weight is 330 g/mol. The Morgan fingerprint density at radius 3 is 2.79 bits per heavy atom. The zero-order valence-electron chi connectivity index (χ0n) is 14.5. The van der Waals surface area contributed by atoms with Crippen LogP contribution >= 0.6 is 0 Å². The monoisotopic (exact) mass is 330 g/mol. The molecule has 130 valence electrons. The van der Waals surface area contributed by atoms with Crippen molar-refractivity contribution >= 4 is 5.91 Å². The Balaban J connectivity index is 1.51. The third-order valence-electron chi connectivity index (χ3n) is 4.50. The van der Waals surface area contributed by atoms with Crippen LogP contribution in [-0.4, -0.2) is 36.7 Å². The minimum absolute atomic E-state index is 0.103. The van der Waals surface area contributed by atoms with E-state index < -0.39 is 0 Å². The van der Waals surface area contributed by atoms with Gasteiger partial charge in [-0.05, 0) is 26.7 Å². The molecule has 7 nitrogen and oxygen atoms in total. The van der Waals surface area contributed by atoms with Crippen LogP contribution in [-0.2, 0) is 11.3 Å². The molecule has 1 aliphatic carbocycles. The number of carbonyl (C=O) groups excluding carboxylic acids is 1. The van der Waals surface area contributed by atoms with Crippen molar-refractivity contribution in [1.29, 1.82) is 0 Å². The van der Waals surface area contributed by atoms with Gasteiger partial charge in [-0.1, -0.05) is 24.5 Å². The second-order valence-electron chi connectivity index (χ2n) is 6.82. The van der Waals surface area contributed by atoms with Crippen molar-refractivity contribution in [2.45, 2.75) is 71.0 Å². The fourth-order valence-electron chi connectivity index (χ4n) is 3.06. The standard InChI is InChI=1S/C17H26N6O/c1-13(2)23-11-14(10-18-23)16-12-22(21-20-16)9-8-17(24)19-15-6-4-3-5-7-15/h10-13,15H,3-9H2,1-2H3,(H,19,24). The lowest BCUT2D eigenvalue weighted by Gasteiger charge is -2.22. The van der Waals surface area contributed by atoms with Gasteiger partial charge in [-0.3, -0.25) is 14.2 Å². The Kier molecular flexibility index (Phi) is 5.27. The van der Waals surface area contributed by atoms with Crippen LogP contribution in [0.15, 0.2) is 18.6 Å². The lowest BCUT2D eigenvalue weighted by atomic mass is 9.95. The highest BCUT2D eigenvalue weighted by Gasteiger charge is 2.15. The largest absolute Gasteiger partial charge is 0.353 e. The zero-order valence-corrected chi connectivity index (χ0v) is 14.5. The number of carbonyl (C=O) groups is 1. The molecule has 1 aliphatic rings. The summed E-state index contributed by atoms with van der Waals surface area (Å²) in [4.78, 5) is 12.1. The third-order valence-corrected chi connectivity index (χ3v) is 4.50. The molecule has 0 unspecified atom stereocenters. The Morgan fingerprint density at radius 2 is 2.08 bits per heavy atom. The van der Waals surface area contributed by atoms with Crippen LogP contribution < -0.4 is 5.32 Å². The third kappa shape index (κ3) is 4.21. The van der Waals surface area contributed by atoms with Gasteiger partial charge in [-0.25, -0.2) is 0 Å². The summed E-state index contributed by atoms with van der Waals surface area (Å²) in [6.07, 6.45) is 12.0. The highest BCUT2D eigenvalue weighted by Crippen LogP contribution is 2.18. The first-order valence-electron chi connectivity index (χ1n) is 8.86. The number of aromatic nitrogens is 5. The normalized spacial score (nSPS) is 15.8. The Hall–Kier alpha value is -2.18. The highest BCUT2D eigenvalue weighted by molar-refractivity contribution is 5.76. The maximum absolute atomic E-state index is 12.1. The summed E-state index contributed by atoms with van der Waals surface area (Å²) in [7, 11) is 0. The quantitative estimate of drug-likeness (QED) is 0.883. The predicted molar refractivity (Wildman–Crippen MR) is 91.3 cm³/mol. The van der Waals surface area contributed by atoms with Crippen LogP contribution in [0.5, 0.6) is 0 Å². The number of nitrogens with zero attached hydrogens (tertiary/aromatic N) is 5. The van der Waals surface area contributed by atoms with Crippen LogP contribution in [0.25, 0.3) is 11.3 Å². The van der Waals surface area contributed by atoms with Gasteiger partial charge in [-0.2, -0.15) is 5.10 Å². The molecule has 0 atom stereocenters. The van der Waals surface area contributed by atoms with Gasteiger partial charge in [0, 0.05) is 30.3 Å². The van der Waals surface area contributed by atoms with Gasteiger partial charge in [0.15, 0.2) is 0 Å². The maximum atomic E-state index is 12.1. The van der Waals surface area contributed by atoms with E-state index in [0.717, 1.165) is 24.1 Å². The molecule has 0 spiro atoms. The van der Waals surface area contributed by atoms with Gasteiger partial charge in [0.25, 0.3) is 0 Å². The minimum atomic E-state index is 0.103. The lowest BCUT2D eigenvalue weighted by molar-refractivity contribution is -0.122. The molecule has 1 N–H and O–H groups in total. The predicted octanol–water partition coefficient (Wildman–Crippen LogP) is 2.56. The molecule has 2 aromatic rings. The number of hydrogen-bond donors (Lipinski definition) is 1. The van der Waals surface area contributed by atoms with E-state index in [2.05, 4.69) is 34.6 Å². The molecule has 7 heteroatoms. The van der Waals surface area contributed by atoms with E-state index in [1.807, 2.05) is 17.1 Å². The number of rotatable bonds is 6. The van der Waals surface area contributed by atoms with Crippen molar-refractivity contribution in [3.8, 4) is 11.3 Å². The van der Waals surface area contributed by atoms with E-state index in [-0.39, 0.29) is 5.91 Å². The fourth-order valence-corrected chi connectivity index (χ4v) is 3.06. The van der Waals surface area contributed by atoms with Crippen LogP contribution in [0.2, 0.25) is 0 Å². The molecule has 0 radical (unpaired) electrons. The second-order valence-corrected chi connectivity index (χ2v) is 6.82. The topological polar surface area (TPSA) is 77.6 Å². The zero-order chi connectivity index (χ0) is 16.9. The van der Waals surface area contributed by atoms with Crippen LogP contribution in [0.4, 0.5) is 0 Å². The Morgan fingerprint density at radius 1 is 1.29 bits per heavy atom. The van der Waals surface area contributed by atoms with Gasteiger partial charge in [0.2, 0.25) is 5.91 Å². The van der Waals surface area contributed by atoms with Crippen molar-refractivity contribution in [3.63, 3.8) is 0 Å². The molecule has 0 bridgehead atoms. The first-order chi connectivity index (χ1) is 11.6. The molecule has 3 rings (SSSR count). The van der Waals surface area contributed by atoms with Crippen molar-refractivity contribution in [2.75, 3.05) is 0 Å². The van der Waals surface area contributed by atoms with Crippen LogP contribution in [0, 0.1) is 0 Å². The van der Waals surface area contributed by atoms with Gasteiger partial charge in [0.05, 0.1) is 18.9 Å². The summed E-state index contributed by atoms with van der Waals surface area (Å²) in [6, 6.07) is 0.678. The van der Waals surface area contributed by atoms with Gasteiger partial charge < -0.3 is 5.32 Å². The molecular weight excluding hydrogens is 304 g/mol. The SMILES string of the molecule is CC(C)n1cc(-c2cn(CCC(=O)NC3CCCCC3)nn2)cn1. The highest BCUT2D eigenvalue weighted by atomic mass is 16.1. The summed E-state index contributed by atoms with van der Waals surface area (Å²) in [5.41, 5.74) is 1.73. The van der Waals surface area contributed by atoms with Gasteiger partial charge in [0.1, 0.15) is 5.69 Å². The summed E-state index contributed by atoms with van der Waals surface area (Å²) in [5, 5.41) is 15.7. The van der Waals surface area contributed by atoms with Gasteiger partial charge in [-0.15, -0.1) is 5.10 Å². The first kappa shape index (κ1) is 16.7. The number of hydrogen-bond acceptors (Lipinski definition) is 4. The van der Waals surface area contributed by atoms with Crippen molar-refractivity contribution in [3.05, 3.63) is 18.6 Å². The van der Waals surface area contributed by atoms with Crippen molar-refractivity contribution < 1.29 is 4.79 Å². The molecule has 1 fully saturated rings. The van der Waals surface area contributed by atoms with E-state index in [4.69, 9.17) is 0 Å². The van der Waals surface area contributed by atoms with E-state index in [0.29, 0.717) is 25.0 Å². The molecule has 0 saturated heterocycles. The van der Waals surface area contributed by atoms with Gasteiger partial charge >= 0.3 is 0 Å². The number of aryl methyl sites for hydroxylation is 1. The second kappa shape index (κ2) is 7.59. The van der Waals surface area contributed by atoms with E-state index >= 15 is 0 Å². The maximum Gasteiger partial charge on any atom is 0.222 e. The summed E-state index contributed by atoms with van der Waals surface area (Å²) in [6.45, 7) is 4.71. The molecule has 2 aromatic heterocycles. The fraction of sp³-hybridized carbons (Fsp3) is 0.647. The molecule has 24 heavy (non-hydrogen) atoms. The van der Waals surface area contributed by atoms with E-state index in [9.17, 15) is 4.79 Å². The Labute approximate surface area is 142 Å². The van der Waals surface area contributed by atoms with Crippen LogP contribution in [0.3, 0.4) is 0 Å². The number of nitrogens with one attached hydrogen (secondary N) is 1. The molecule has 2 heterocycles. The van der Waals surface area contributed by atoms with E-state index in [1.165, 1.54) is 19.3 Å². The molecule has 1 saturated carbocycles. The van der Waals surface area contributed by atoms with Crippen molar-refractivity contribution in [1.82, 2.24) is 30.1 Å². The van der Waals surface area contributed by atoms with Crippen molar-refractivity contribution in [2.24, 2.45) is 0 Å².